The molecule has 2 N–H and O–H groups in total. The third-order valence-electron chi connectivity index (χ3n) is 3.76. The first-order chi connectivity index (χ1) is 10.2. The number of nitrogens with two attached hydrogens (primary N) is 1. The Labute approximate surface area is 126 Å². The zero-order chi connectivity index (χ0) is 15.2. The minimum atomic E-state index is 0.157. The van der Waals surface area contributed by atoms with E-state index < -0.39 is 0 Å². The van der Waals surface area contributed by atoms with Crippen molar-refractivity contribution >= 4 is 0 Å². The summed E-state index contributed by atoms with van der Waals surface area (Å²) in [6.07, 6.45) is 3.73. The van der Waals surface area contributed by atoms with Crippen LogP contribution < -0.4 is 10.5 Å². The summed E-state index contributed by atoms with van der Waals surface area (Å²) in [5.74, 6) is 0.878. The predicted molar refractivity (Wildman–Crippen MR) is 85.2 cm³/mol. The Morgan fingerprint density at radius 2 is 2.14 bits per heavy atom. The number of likely N-dealkylation sites (N-methyl/N-ethyl adjacent to an activating group) is 1. The molecule has 0 saturated heterocycles. The quantitative estimate of drug-likeness (QED) is 0.886. The predicted octanol–water partition coefficient (Wildman–Crippen LogP) is 2.53. The molecular weight excluding hydrogens is 262 g/mol. The van der Waals surface area contributed by atoms with Gasteiger partial charge >= 0.3 is 0 Å². The van der Waals surface area contributed by atoms with Crippen LogP contribution in [0.3, 0.4) is 0 Å². The molecule has 2 rings (SSSR count). The van der Waals surface area contributed by atoms with E-state index in [9.17, 15) is 0 Å². The Balaban J connectivity index is 2.17. The van der Waals surface area contributed by atoms with Crippen LogP contribution in [-0.4, -0.2) is 30.6 Å². The Kier molecular flexibility index (Phi) is 5.31. The number of hydrogen-bond acceptors (Lipinski definition) is 4. The van der Waals surface area contributed by atoms with Crippen molar-refractivity contribution in [3.05, 3.63) is 59.4 Å². The van der Waals surface area contributed by atoms with E-state index in [-0.39, 0.29) is 6.04 Å². The van der Waals surface area contributed by atoms with Crippen molar-refractivity contribution in [3.63, 3.8) is 0 Å². The minimum absolute atomic E-state index is 0.157. The first-order valence-electron chi connectivity index (χ1n) is 7.09. The average Bonchev–Trinajstić information content (AvgIpc) is 2.50. The maximum atomic E-state index is 5.99. The van der Waals surface area contributed by atoms with Gasteiger partial charge in [-0.1, -0.05) is 12.1 Å². The third kappa shape index (κ3) is 3.80. The van der Waals surface area contributed by atoms with Gasteiger partial charge in [0.15, 0.2) is 0 Å². The largest absolute Gasteiger partial charge is 0.497 e. The first kappa shape index (κ1) is 15.5. The van der Waals surface area contributed by atoms with Crippen LogP contribution in [0.1, 0.15) is 22.7 Å². The van der Waals surface area contributed by atoms with Gasteiger partial charge in [0.2, 0.25) is 0 Å². The summed E-state index contributed by atoms with van der Waals surface area (Å²) >= 11 is 0. The number of nitrogens with zero attached hydrogens (tertiary/aromatic N) is 2. The number of benzene rings is 1. The van der Waals surface area contributed by atoms with E-state index in [1.54, 1.807) is 7.11 Å². The van der Waals surface area contributed by atoms with Crippen molar-refractivity contribution in [1.29, 1.82) is 0 Å². The molecule has 4 nitrogen and oxygen atoms in total. The molecule has 0 aliphatic rings. The van der Waals surface area contributed by atoms with Crippen molar-refractivity contribution in [1.82, 2.24) is 9.88 Å². The smallest absolute Gasteiger partial charge is 0.119 e. The lowest BCUT2D eigenvalue weighted by Gasteiger charge is -2.28. The summed E-state index contributed by atoms with van der Waals surface area (Å²) in [6, 6.07) is 10.3. The highest BCUT2D eigenvalue weighted by Crippen LogP contribution is 2.23. The van der Waals surface area contributed by atoms with E-state index in [0.29, 0.717) is 6.54 Å². The lowest BCUT2D eigenvalue weighted by Crippen LogP contribution is -2.30. The molecule has 1 aromatic heterocycles. The Morgan fingerprint density at radius 3 is 2.81 bits per heavy atom. The van der Waals surface area contributed by atoms with Crippen LogP contribution in [0.25, 0.3) is 0 Å². The van der Waals surface area contributed by atoms with Crippen LogP contribution in [-0.2, 0) is 6.54 Å². The molecule has 0 aliphatic carbocycles. The SMILES string of the molecule is COc1cccc(CN(C)C(CN)c2cnccc2C)c1. The molecule has 0 fully saturated rings. The topological polar surface area (TPSA) is 51.4 Å². The fourth-order valence-electron chi connectivity index (χ4n) is 2.54. The molecule has 1 atom stereocenters. The van der Waals surface area contributed by atoms with E-state index in [1.165, 1.54) is 16.7 Å². The molecule has 1 heterocycles. The zero-order valence-electron chi connectivity index (χ0n) is 12.9. The Hall–Kier alpha value is -1.91. The summed E-state index contributed by atoms with van der Waals surface area (Å²) in [6.45, 7) is 3.47. The molecule has 0 saturated carbocycles. The number of aromatic nitrogens is 1. The zero-order valence-corrected chi connectivity index (χ0v) is 12.9. The van der Waals surface area contributed by atoms with Gasteiger partial charge in [-0.05, 0) is 48.9 Å². The van der Waals surface area contributed by atoms with Crippen LogP contribution in [0.4, 0.5) is 0 Å². The highest BCUT2D eigenvalue weighted by molar-refractivity contribution is 5.29. The van der Waals surface area contributed by atoms with Gasteiger partial charge in [-0.25, -0.2) is 0 Å². The minimum Gasteiger partial charge on any atom is -0.497 e. The van der Waals surface area contributed by atoms with Gasteiger partial charge in [0.1, 0.15) is 5.75 Å². The molecule has 4 heteroatoms. The molecule has 21 heavy (non-hydrogen) atoms. The highest BCUT2D eigenvalue weighted by Gasteiger charge is 2.17. The fraction of sp³-hybridized carbons (Fsp3) is 0.353. The summed E-state index contributed by atoms with van der Waals surface area (Å²) in [7, 11) is 3.77. The van der Waals surface area contributed by atoms with Gasteiger partial charge in [-0.3, -0.25) is 9.88 Å². The molecule has 0 bridgehead atoms. The second-order valence-corrected chi connectivity index (χ2v) is 5.25. The molecule has 0 spiro atoms. The van der Waals surface area contributed by atoms with E-state index >= 15 is 0 Å². The van der Waals surface area contributed by atoms with Crippen molar-refractivity contribution in [2.24, 2.45) is 5.73 Å². The van der Waals surface area contributed by atoms with Gasteiger partial charge in [0.05, 0.1) is 7.11 Å². The van der Waals surface area contributed by atoms with Gasteiger partial charge in [-0.2, -0.15) is 0 Å². The van der Waals surface area contributed by atoms with Gasteiger partial charge < -0.3 is 10.5 Å². The molecule has 2 aromatic rings. The van der Waals surface area contributed by atoms with Crippen LogP contribution in [0.15, 0.2) is 42.7 Å². The van der Waals surface area contributed by atoms with Crippen molar-refractivity contribution in [2.75, 3.05) is 20.7 Å². The summed E-state index contributed by atoms with van der Waals surface area (Å²) in [4.78, 5) is 6.48. The molecule has 0 aliphatic heterocycles. The van der Waals surface area contributed by atoms with Crippen LogP contribution >= 0.6 is 0 Å². The van der Waals surface area contributed by atoms with E-state index in [2.05, 4.69) is 36.0 Å². The molecular formula is C17H23N3O. The van der Waals surface area contributed by atoms with E-state index in [1.807, 2.05) is 30.6 Å². The van der Waals surface area contributed by atoms with Crippen molar-refractivity contribution in [2.45, 2.75) is 19.5 Å². The Morgan fingerprint density at radius 1 is 1.33 bits per heavy atom. The van der Waals surface area contributed by atoms with Gasteiger partial charge in [-0.15, -0.1) is 0 Å². The second kappa shape index (κ2) is 7.20. The number of rotatable bonds is 6. The van der Waals surface area contributed by atoms with Gasteiger partial charge in [0.25, 0.3) is 0 Å². The molecule has 1 unspecified atom stereocenters. The molecule has 1 aromatic carbocycles. The van der Waals surface area contributed by atoms with Crippen molar-refractivity contribution in [3.8, 4) is 5.75 Å². The number of hydrogen-bond donors (Lipinski definition) is 1. The first-order valence-corrected chi connectivity index (χ1v) is 7.09. The molecule has 112 valence electrons. The summed E-state index contributed by atoms with van der Waals surface area (Å²) in [5.41, 5.74) is 9.60. The monoisotopic (exact) mass is 285 g/mol. The number of methoxy groups -OCH3 is 1. The maximum Gasteiger partial charge on any atom is 0.119 e. The fourth-order valence-corrected chi connectivity index (χ4v) is 2.54. The van der Waals surface area contributed by atoms with E-state index in [4.69, 9.17) is 10.5 Å². The average molecular weight is 285 g/mol. The van der Waals surface area contributed by atoms with Gasteiger partial charge in [0, 0.05) is 31.5 Å². The number of aryl methyl sites for hydroxylation is 1. The lowest BCUT2D eigenvalue weighted by molar-refractivity contribution is 0.240. The summed E-state index contributed by atoms with van der Waals surface area (Å²) in [5, 5.41) is 0. The third-order valence-corrected chi connectivity index (χ3v) is 3.76. The maximum absolute atomic E-state index is 5.99. The molecule has 0 amide bonds. The van der Waals surface area contributed by atoms with Crippen LogP contribution in [0.5, 0.6) is 5.75 Å². The normalized spacial score (nSPS) is 12.4. The van der Waals surface area contributed by atoms with E-state index in [0.717, 1.165) is 12.3 Å². The van der Waals surface area contributed by atoms with Crippen LogP contribution in [0, 0.1) is 6.92 Å². The number of pyridine rings is 1. The standard InChI is InChI=1S/C17H23N3O/c1-13-7-8-19-11-16(13)17(10-18)20(2)12-14-5-4-6-15(9-14)21-3/h4-9,11,17H,10,12,18H2,1-3H3. The second-order valence-electron chi connectivity index (χ2n) is 5.25. The summed E-state index contributed by atoms with van der Waals surface area (Å²) < 4.78 is 5.27. The van der Waals surface area contributed by atoms with Crippen LogP contribution in [0.2, 0.25) is 0 Å². The van der Waals surface area contributed by atoms with Crippen molar-refractivity contribution < 1.29 is 4.74 Å². The lowest BCUT2D eigenvalue weighted by atomic mass is 10.0. The Bertz CT molecular complexity index is 586. The molecule has 0 radical (unpaired) electrons. The number of ether oxygens (including phenoxy) is 1. The highest BCUT2D eigenvalue weighted by atomic mass is 16.5.